The van der Waals surface area contributed by atoms with E-state index in [1.54, 1.807) is 0 Å². The second kappa shape index (κ2) is 9.05. The molecule has 1 aliphatic heterocycles. The van der Waals surface area contributed by atoms with E-state index in [0.717, 1.165) is 39.4 Å². The van der Waals surface area contributed by atoms with Crippen LogP contribution in [0.2, 0.25) is 5.54 Å². The zero-order valence-electron chi connectivity index (χ0n) is 11.4. The second-order valence-electron chi connectivity index (χ2n) is 4.37. The van der Waals surface area contributed by atoms with E-state index in [4.69, 9.17) is 13.6 Å². The van der Waals surface area contributed by atoms with Gasteiger partial charge in [0.2, 0.25) is 0 Å². The highest BCUT2D eigenvalue weighted by atomic mass is 28.3. The topological polar surface area (TPSA) is 39.7 Å². The van der Waals surface area contributed by atoms with Crippen LogP contribution in [0.5, 0.6) is 0 Å². The van der Waals surface area contributed by atoms with Crippen molar-refractivity contribution in [2.24, 2.45) is 0 Å². The van der Waals surface area contributed by atoms with Crippen LogP contribution >= 0.6 is 0 Å². The third-order valence-corrected chi connectivity index (χ3v) is 5.92. The molecule has 102 valence electrons. The van der Waals surface area contributed by atoms with Gasteiger partial charge in [0, 0.05) is 31.3 Å². The summed E-state index contributed by atoms with van der Waals surface area (Å²) in [6.07, 6.45) is 2.34. The van der Waals surface area contributed by atoms with Crippen molar-refractivity contribution in [2.75, 3.05) is 33.0 Å². The molecule has 0 aromatic heterocycles. The van der Waals surface area contributed by atoms with Crippen LogP contribution in [0.4, 0.5) is 0 Å². The number of morpholine rings is 1. The van der Waals surface area contributed by atoms with Crippen LogP contribution < -0.4 is 5.32 Å². The monoisotopic (exact) mass is 261 g/mol. The molecule has 2 atom stereocenters. The maximum absolute atomic E-state index is 5.87. The van der Waals surface area contributed by atoms with Crippen LogP contribution in [-0.4, -0.2) is 48.3 Å². The molecular formula is C12H27NO3Si. The third-order valence-electron chi connectivity index (χ3n) is 3.10. The van der Waals surface area contributed by atoms with Crippen LogP contribution in [0.15, 0.2) is 0 Å². The lowest BCUT2D eigenvalue weighted by Gasteiger charge is -2.34. The molecule has 1 aliphatic rings. The summed E-state index contributed by atoms with van der Waals surface area (Å²) in [7, 11) is -1.58. The third kappa shape index (κ3) is 5.05. The zero-order valence-corrected chi connectivity index (χ0v) is 12.6. The molecule has 1 N–H and O–H groups in total. The molecule has 1 fully saturated rings. The fraction of sp³-hybridized carbons (Fsp3) is 1.00. The molecule has 5 heteroatoms. The Balaban J connectivity index is 2.58. The zero-order chi connectivity index (χ0) is 12.5. The van der Waals surface area contributed by atoms with Crippen molar-refractivity contribution in [3.05, 3.63) is 0 Å². The lowest BCUT2D eigenvalue weighted by Crippen LogP contribution is -2.49. The molecule has 4 nitrogen and oxygen atoms in total. The Hall–Kier alpha value is 0.0569. The molecular weight excluding hydrogens is 234 g/mol. The van der Waals surface area contributed by atoms with Gasteiger partial charge >= 0.3 is 9.28 Å². The lowest BCUT2D eigenvalue weighted by atomic mass is 10.1. The van der Waals surface area contributed by atoms with Gasteiger partial charge in [0.15, 0.2) is 0 Å². The minimum Gasteiger partial charge on any atom is -0.397 e. The van der Waals surface area contributed by atoms with Gasteiger partial charge in [-0.15, -0.1) is 0 Å². The number of hydrogen-bond donors (Lipinski definition) is 1. The molecule has 0 amide bonds. The number of nitrogens with one attached hydrogen (secondary N) is 1. The summed E-state index contributed by atoms with van der Waals surface area (Å²) in [4.78, 5) is 0. The fourth-order valence-corrected chi connectivity index (χ4v) is 4.82. The predicted molar refractivity (Wildman–Crippen MR) is 71.7 cm³/mol. The first-order valence-electron chi connectivity index (χ1n) is 6.87. The Bertz CT molecular complexity index is 183. The van der Waals surface area contributed by atoms with E-state index in [9.17, 15) is 0 Å². The summed E-state index contributed by atoms with van der Waals surface area (Å²) in [5.74, 6) is 0. The van der Waals surface area contributed by atoms with E-state index >= 15 is 0 Å². The Kier molecular flexibility index (Phi) is 8.05. The average molecular weight is 261 g/mol. The maximum atomic E-state index is 5.87. The molecule has 1 rings (SSSR count). The molecule has 17 heavy (non-hydrogen) atoms. The first kappa shape index (κ1) is 15.1. The molecule has 0 aromatic carbocycles. The number of ether oxygens (including phenoxy) is 1. The molecule has 0 radical (unpaired) electrons. The van der Waals surface area contributed by atoms with E-state index in [1.807, 2.05) is 13.8 Å². The highest BCUT2D eigenvalue weighted by molar-refractivity contribution is 6.46. The van der Waals surface area contributed by atoms with Gasteiger partial charge in [0.05, 0.1) is 13.2 Å². The van der Waals surface area contributed by atoms with Crippen LogP contribution in [0.3, 0.4) is 0 Å². The summed E-state index contributed by atoms with van der Waals surface area (Å²) in [5.41, 5.74) is 0.514. The molecule has 0 spiro atoms. The Morgan fingerprint density at radius 3 is 2.47 bits per heavy atom. The van der Waals surface area contributed by atoms with Gasteiger partial charge < -0.3 is 18.9 Å². The normalized spacial score (nSPS) is 22.9. The van der Waals surface area contributed by atoms with E-state index in [2.05, 4.69) is 12.2 Å². The summed E-state index contributed by atoms with van der Waals surface area (Å²) in [5, 5.41) is 3.55. The van der Waals surface area contributed by atoms with Gasteiger partial charge in [-0.2, -0.15) is 0 Å². The fourth-order valence-electron chi connectivity index (χ4n) is 2.34. The van der Waals surface area contributed by atoms with Crippen molar-refractivity contribution in [3.8, 4) is 0 Å². The predicted octanol–water partition coefficient (Wildman–Crippen LogP) is 1.44. The van der Waals surface area contributed by atoms with Crippen LogP contribution in [0.1, 0.15) is 33.6 Å². The minimum atomic E-state index is -1.58. The van der Waals surface area contributed by atoms with E-state index in [0.29, 0.717) is 11.6 Å². The van der Waals surface area contributed by atoms with Crippen molar-refractivity contribution < 1.29 is 13.6 Å². The van der Waals surface area contributed by atoms with Crippen molar-refractivity contribution in [2.45, 2.75) is 45.2 Å². The SMILES string of the molecule is CCCC(C1COCCN1)[SiH](OCC)OCC. The first-order valence-corrected chi connectivity index (χ1v) is 8.48. The van der Waals surface area contributed by atoms with Gasteiger partial charge in [-0.3, -0.25) is 0 Å². The number of rotatable bonds is 8. The van der Waals surface area contributed by atoms with Gasteiger partial charge in [-0.1, -0.05) is 13.3 Å². The molecule has 0 aromatic rings. The summed E-state index contributed by atoms with van der Waals surface area (Å²) < 4.78 is 17.3. The van der Waals surface area contributed by atoms with Crippen LogP contribution in [-0.2, 0) is 13.6 Å². The largest absolute Gasteiger partial charge is 0.397 e. The lowest BCUT2D eigenvalue weighted by molar-refractivity contribution is 0.0665. The Labute approximate surface area is 107 Å². The molecule has 2 unspecified atom stereocenters. The van der Waals surface area contributed by atoms with Crippen molar-refractivity contribution in [1.82, 2.24) is 5.32 Å². The Morgan fingerprint density at radius 1 is 1.29 bits per heavy atom. The summed E-state index contributed by atoms with van der Waals surface area (Å²) >= 11 is 0. The van der Waals surface area contributed by atoms with E-state index in [-0.39, 0.29) is 0 Å². The highest BCUT2D eigenvalue weighted by Crippen LogP contribution is 2.25. The number of hydrogen-bond acceptors (Lipinski definition) is 4. The molecule has 0 bridgehead atoms. The summed E-state index contributed by atoms with van der Waals surface area (Å²) in [6.45, 7) is 10.4. The van der Waals surface area contributed by atoms with Crippen molar-refractivity contribution >= 4 is 9.28 Å². The van der Waals surface area contributed by atoms with Gasteiger partial charge in [0.25, 0.3) is 0 Å². The Morgan fingerprint density at radius 2 is 2.00 bits per heavy atom. The minimum absolute atomic E-state index is 0.415. The summed E-state index contributed by atoms with van der Waals surface area (Å²) in [6, 6.07) is 0.415. The molecule has 1 saturated heterocycles. The van der Waals surface area contributed by atoms with Gasteiger partial charge in [-0.25, -0.2) is 0 Å². The van der Waals surface area contributed by atoms with Crippen molar-refractivity contribution in [1.29, 1.82) is 0 Å². The van der Waals surface area contributed by atoms with Gasteiger partial charge in [0.1, 0.15) is 0 Å². The second-order valence-corrected chi connectivity index (χ2v) is 6.63. The van der Waals surface area contributed by atoms with Crippen molar-refractivity contribution in [3.63, 3.8) is 0 Å². The molecule has 1 heterocycles. The van der Waals surface area contributed by atoms with Crippen LogP contribution in [0, 0.1) is 0 Å². The smallest absolute Gasteiger partial charge is 0.326 e. The first-order chi connectivity index (χ1) is 8.33. The van der Waals surface area contributed by atoms with E-state index in [1.165, 1.54) is 6.42 Å². The highest BCUT2D eigenvalue weighted by Gasteiger charge is 2.33. The van der Waals surface area contributed by atoms with Crippen LogP contribution in [0.25, 0.3) is 0 Å². The standard InChI is InChI=1S/C12H27NO3Si/c1-4-7-12(11-10-14-9-8-13-11)17(15-5-2)16-6-3/h11-13,17H,4-10H2,1-3H3. The maximum Gasteiger partial charge on any atom is 0.326 e. The molecule has 0 aliphatic carbocycles. The van der Waals surface area contributed by atoms with Gasteiger partial charge in [-0.05, 0) is 20.3 Å². The quantitative estimate of drug-likeness (QED) is 0.671. The molecule has 0 saturated carbocycles. The average Bonchev–Trinajstić information content (AvgIpc) is 2.37. The van der Waals surface area contributed by atoms with E-state index < -0.39 is 9.28 Å².